The minimum atomic E-state index is 0.308. The molecule has 2 aromatic rings. The van der Waals surface area contributed by atoms with Crippen LogP contribution in [-0.4, -0.2) is 42.9 Å². The van der Waals surface area contributed by atoms with Crippen LogP contribution in [0.4, 0.5) is 0 Å². The number of rotatable bonds is 5. The summed E-state index contributed by atoms with van der Waals surface area (Å²) in [5, 5.41) is 11.7. The van der Waals surface area contributed by atoms with E-state index in [2.05, 4.69) is 41.3 Å². The lowest BCUT2D eigenvalue weighted by Crippen LogP contribution is -2.39. The van der Waals surface area contributed by atoms with Crippen molar-refractivity contribution >= 4 is 10.8 Å². The molecule has 1 unspecified atom stereocenters. The molecule has 1 saturated heterocycles. The Morgan fingerprint density at radius 1 is 1.14 bits per heavy atom. The van der Waals surface area contributed by atoms with Gasteiger partial charge in [0.1, 0.15) is 12.4 Å². The molecule has 0 saturated carbocycles. The van der Waals surface area contributed by atoms with Crippen molar-refractivity contribution in [1.82, 2.24) is 4.90 Å². The van der Waals surface area contributed by atoms with E-state index < -0.39 is 0 Å². The largest absolute Gasteiger partial charge is 0.492 e. The van der Waals surface area contributed by atoms with Crippen molar-refractivity contribution in [1.29, 1.82) is 0 Å². The number of aliphatic hydroxyl groups is 1. The van der Waals surface area contributed by atoms with E-state index in [9.17, 15) is 5.11 Å². The Labute approximate surface area is 126 Å². The van der Waals surface area contributed by atoms with Crippen molar-refractivity contribution in [3.05, 3.63) is 42.5 Å². The van der Waals surface area contributed by atoms with E-state index in [1.165, 1.54) is 17.2 Å². The predicted molar refractivity (Wildman–Crippen MR) is 85.7 cm³/mol. The summed E-state index contributed by atoms with van der Waals surface area (Å²) in [6.45, 7) is 4.07. The van der Waals surface area contributed by atoms with Crippen LogP contribution >= 0.6 is 0 Å². The number of fused-ring (bicyclic) bond motifs is 1. The van der Waals surface area contributed by atoms with Crippen molar-refractivity contribution < 1.29 is 9.84 Å². The van der Waals surface area contributed by atoms with Gasteiger partial charge >= 0.3 is 0 Å². The highest BCUT2D eigenvalue weighted by Gasteiger charge is 2.18. The molecule has 3 nitrogen and oxygen atoms in total. The minimum absolute atomic E-state index is 0.308. The van der Waals surface area contributed by atoms with Gasteiger partial charge in [0.2, 0.25) is 0 Å². The Morgan fingerprint density at radius 3 is 2.86 bits per heavy atom. The second-order valence-corrected chi connectivity index (χ2v) is 5.85. The summed E-state index contributed by atoms with van der Waals surface area (Å²) in [4.78, 5) is 2.39. The van der Waals surface area contributed by atoms with Crippen molar-refractivity contribution in [3.8, 4) is 5.75 Å². The Balaban J connectivity index is 1.52. The fourth-order valence-electron chi connectivity index (χ4n) is 3.05. The quantitative estimate of drug-likeness (QED) is 0.917. The molecular formula is C18H23NO2. The number of benzene rings is 2. The number of hydrogen-bond donors (Lipinski definition) is 1. The first-order valence-corrected chi connectivity index (χ1v) is 7.80. The van der Waals surface area contributed by atoms with Crippen LogP contribution in [0.3, 0.4) is 0 Å². The molecule has 1 aliphatic heterocycles. The lowest BCUT2D eigenvalue weighted by molar-refractivity contribution is 0.107. The van der Waals surface area contributed by atoms with Gasteiger partial charge in [0.15, 0.2) is 0 Å². The van der Waals surface area contributed by atoms with Crippen molar-refractivity contribution in [2.75, 3.05) is 32.8 Å². The third-order valence-corrected chi connectivity index (χ3v) is 4.26. The topological polar surface area (TPSA) is 32.7 Å². The molecule has 0 spiro atoms. The summed E-state index contributed by atoms with van der Waals surface area (Å²) in [5.74, 6) is 1.38. The van der Waals surface area contributed by atoms with Gasteiger partial charge in [-0.15, -0.1) is 0 Å². The molecule has 3 rings (SSSR count). The molecule has 112 valence electrons. The molecule has 1 heterocycles. The normalized spacial score (nSPS) is 19.8. The molecule has 1 atom stereocenters. The van der Waals surface area contributed by atoms with Gasteiger partial charge in [0, 0.05) is 19.7 Å². The van der Waals surface area contributed by atoms with Gasteiger partial charge in [-0.05, 0) is 48.2 Å². The maximum atomic E-state index is 9.25. The van der Waals surface area contributed by atoms with Crippen LogP contribution in [0.15, 0.2) is 42.5 Å². The standard InChI is InChI=1S/C18H23NO2/c20-14-15-4-3-9-19(13-15)10-11-21-18-8-7-16-5-1-2-6-17(16)12-18/h1-2,5-8,12,15,20H,3-4,9-11,13-14H2. The summed E-state index contributed by atoms with van der Waals surface area (Å²) in [7, 11) is 0. The van der Waals surface area contributed by atoms with Gasteiger partial charge in [-0.25, -0.2) is 0 Å². The van der Waals surface area contributed by atoms with Crippen molar-refractivity contribution in [2.45, 2.75) is 12.8 Å². The summed E-state index contributed by atoms with van der Waals surface area (Å²) < 4.78 is 5.88. The molecule has 0 bridgehead atoms. The van der Waals surface area contributed by atoms with Crippen LogP contribution < -0.4 is 4.74 Å². The number of hydrogen-bond acceptors (Lipinski definition) is 3. The highest BCUT2D eigenvalue weighted by molar-refractivity contribution is 5.83. The van der Waals surface area contributed by atoms with E-state index in [1.807, 2.05) is 6.07 Å². The first-order valence-electron chi connectivity index (χ1n) is 7.80. The van der Waals surface area contributed by atoms with E-state index >= 15 is 0 Å². The number of ether oxygens (including phenoxy) is 1. The SMILES string of the molecule is OCC1CCCN(CCOc2ccc3ccccc3c2)C1. The molecule has 21 heavy (non-hydrogen) atoms. The van der Waals surface area contributed by atoms with Gasteiger partial charge in [-0.3, -0.25) is 4.90 Å². The van der Waals surface area contributed by atoms with E-state index in [0.29, 0.717) is 19.1 Å². The Hall–Kier alpha value is -1.58. The van der Waals surface area contributed by atoms with E-state index in [4.69, 9.17) is 4.74 Å². The highest BCUT2D eigenvalue weighted by atomic mass is 16.5. The van der Waals surface area contributed by atoms with Crippen LogP contribution in [0.1, 0.15) is 12.8 Å². The van der Waals surface area contributed by atoms with Gasteiger partial charge in [-0.2, -0.15) is 0 Å². The van der Waals surface area contributed by atoms with Gasteiger partial charge in [0.25, 0.3) is 0 Å². The fourth-order valence-corrected chi connectivity index (χ4v) is 3.05. The summed E-state index contributed by atoms with van der Waals surface area (Å²) in [5.41, 5.74) is 0. The second kappa shape index (κ2) is 6.92. The zero-order chi connectivity index (χ0) is 14.5. The average Bonchev–Trinajstić information content (AvgIpc) is 2.55. The van der Waals surface area contributed by atoms with Crippen molar-refractivity contribution in [3.63, 3.8) is 0 Å². The lowest BCUT2D eigenvalue weighted by atomic mass is 9.99. The van der Waals surface area contributed by atoms with Crippen LogP contribution in [0.5, 0.6) is 5.75 Å². The van der Waals surface area contributed by atoms with E-state index in [1.54, 1.807) is 0 Å². The predicted octanol–water partition coefficient (Wildman–Crippen LogP) is 2.92. The molecule has 0 aliphatic carbocycles. The molecule has 2 aromatic carbocycles. The van der Waals surface area contributed by atoms with Gasteiger partial charge in [-0.1, -0.05) is 30.3 Å². The summed E-state index contributed by atoms with van der Waals surface area (Å²) >= 11 is 0. The highest BCUT2D eigenvalue weighted by Crippen LogP contribution is 2.21. The average molecular weight is 285 g/mol. The fraction of sp³-hybridized carbons (Fsp3) is 0.444. The Kier molecular flexibility index (Phi) is 4.73. The summed E-state index contributed by atoms with van der Waals surface area (Å²) in [6.07, 6.45) is 2.33. The number of likely N-dealkylation sites (tertiary alicyclic amines) is 1. The van der Waals surface area contributed by atoms with Gasteiger partial charge in [0.05, 0.1) is 0 Å². The first kappa shape index (κ1) is 14.4. The van der Waals surface area contributed by atoms with Crippen LogP contribution in [0, 0.1) is 5.92 Å². The Bertz CT molecular complexity index is 584. The molecule has 1 N–H and O–H groups in total. The van der Waals surface area contributed by atoms with Crippen LogP contribution in [0.25, 0.3) is 10.8 Å². The zero-order valence-electron chi connectivity index (χ0n) is 12.4. The van der Waals surface area contributed by atoms with E-state index in [0.717, 1.165) is 31.8 Å². The molecule has 3 heteroatoms. The first-order chi connectivity index (χ1) is 10.3. The smallest absolute Gasteiger partial charge is 0.120 e. The zero-order valence-corrected chi connectivity index (χ0v) is 12.4. The van der Waals surface area contributed by atoms with Gasteiger partial charge < -0.3 is 9.84 Å². The lowest BCUT2D eigenvalue weighted by Gasteiger charge is -2.31. The van der Waals surface area contributed by atoms with Crippen LogP contribution in [0.2, 0.25) is 0 Å². The number of piperidine rings is 1. The molecule has 0 aromatic heterocycles. The third-order valence-electron chi connectivity index (χ3n) is 4.26. The van der Waals surface area contributed by atoms with E-state index in [-0.39, 0.29) is 0 Å². The van der Waals surface area contributed by atoms with Crippen LogP contribution in [-0.2, 0) is 0 Å². The molecule has 1 aliphatic rings. The minimum Gasteiger partial charge on any atom is -0.492 e. The monoisotopic (exact) mass is 285 g/mol. The Morgan fingerprint density at radius 2 is 2.00 bits per heavy atom. The number of aliphatic hydroxyl groups excluding tert-OH is 1. The number of nitrogens with zero attached hydrogens (tertiary/aromatic N) is 1. The molecule has 0 amide bonds. The third kappa shape index (κ3) is 3.74. The molecule has 0 radical (unpaired) electrons. The second-order valence-electron chi connectivity index (χ2n) is 5.85. The summed E-state index contributed by atoms with van der Waals surface area (Å²) in [6, 6.07) is 14.6. The molecule has 1 fully saturated rings. The molecular weight excluding hydrogens is 262 g/mol. The maximum absolute atomic E-state index is 9.25. The maximum Gasteiger partial charge on any atom is 0.120 e. The van der Waals surface area contributed by atoms with Crippen molar-refractivity contribution in [2.24, 2.45) is 5.92 Å².